The second kappa shape index (κ2) is 7.69. The standard InChI is InChI=1S/C25H28N2OS/c1-2-15-29-24-26-22-20-12-6-5-11-19(20)16-25(13-7-8-14-25)21(22)23(28)27(24)17-18-9-3-4-10-18/h1,5-6,11-12,18H,3-4,7-10,13-17H2. The molecule has 0 N–H and O–H groups in total. The molecule has 0 unspecified atom stereocenters. The molecule has 0 atom stereocenters. The molecule has 5 rings (SSSR count). The van der Waals surface area contributed by atoms with Gasteiger partial charge in [-0.1, -0.05) is 67.6 Å². The Morgan fingerprint density at radius 2 is 1.93 bits per heavy atom. The highest BCUT2D eigenvalue weighted by atomic mass is 32.2. The number of nitrogens with zero attached hydrogens (tertiary/aromatic N) is 2. The Hall–Kier alpha value is -1.99. The topological polar surface area (TPSA) is 34.9 Å². The molecule has 0 amide bonds. The summed E-state index contributed by atoms with van der Waals surface area (Å²) in [6.45, 7) is 0.795. The monoisotopic (exact) mass is 404 g/mol. The molecule has 1 aromatic carbocycles. The average molecular weight is 405 g/mol. The van der Waals surface area contributed by atoms with Gasteiger partial charge in [0.15, 0.2) is 5.16 Å². The van der Waals surface area contributed by atoms with Crippen molar-refractivity contribution in [2.75, 3.05) is 5.75 Å². The summed E-state index contributed by atoms with van der Waals surface area (Å²) in [6.07, 6.45) is 16.1. The lowest BCUT2D eigenvalue weighted by molar-refractivity contribution is 0.389. The zero-order valence-electron chi connectivity index (χ0n) is 17.0. The maximum absolute atomic E-state index is 14.0. The molecule has 1 aromatic heterocycles. The first-order chi connectivity index (χ1) is 14.2. The molecule has 3 aliphatic rings. The third-order valence-corrected chi connectivity index (χ3v) is 8.11. The average Bonchev–Trinajstić information content (AvgIpc) is 3.41. The Morgan fingerprint density at radius 3 is 2.69 bits per heavy atom. The van der Waals surface area contributed by atoms with Gasteiger partial charge < -0.3 is 0 Å². The number of hydrogen-bond donors (Lipinski definition) is 0. The predicted molar refractivity (Wildman–Crippen MR) is 119 cm³/mol. The summed E-state index contributed by atoms with van der Waals surface area (Å²) in [5, 5.41) is 0.809. The van der Waals surface area contributed by atoms with Gasteiger partial charge in [-0.05, 0) is 43.6 Å². The van der Waals surface area contributed by atoms with Crippen LogP contribution in [0.1, 0.15) is 62.5 Å². The fraction of sp³-hybridized carbons (Fsp3) is 0.520. The van der Waals surface area contributed by atoms with E-state index in [-0.39, 0.29) is 11.0 Å². The van der Waals surface area contributed by atoms with E-state index in [0.29, 0.717) is 11.7 Å². The number of rotatable bonds is 4. The molecule has 4 heteroatoms. The van der Waals surface area contributed by atoms with Crippen LogP contribution in [0.2, 0.25) is 0 Å². The van der Waals surface area contributed by atoms with Gasteiger partial charge in [0.05, 0.1) is 17.0 Å². The van der Waals surface area contributed by atoms with Crippen molar-refractivity contribution in [1.29, 1.82) is 0 Å². The summed E-state index contributed by atoms with van der Waals surface area (Å²) < 4.78 is 1.99. The molecule has 2 aromatic rings. The van der Waals surface area contributed by atoms with Crippen molar-refractivity contribution in [3.8, 4) is 23.6 Å². The summed E-state index contributed by atoms with van der Waals surface area (Å²) in [4.78, 5) is 19.2. The van der Waals surface area contributed by atoms with Gasteiger partial charge in [0.1, 0.15) is 0 Å². The van der Waals surface area contributed by atoms with Crippen LogP contribution in [0, 0.1) is 18.3 Å². The van der Waals surface area contributed by atoms with Crippen molar-refractivity contribution in [3.05, 3.63) is 45.7 Å². The maximum atomic E-state index is 14.0. The van der Waals surface area contributed by atoms with Gasteiger partial charge in [0.25, 0.3) is 5.56 Å². The van der Waals surface area contributed by atoms with Gasteiger partial charge >= 0.3 is 0 Å². The van der Waals surface area contributed by atoms with E-state index in [9.17, 15) is 4.79 Å². The molecule has 0 radical (unpaired) electrons. The van der Waals surface area contributed by atoms with E-state index in [0.717, 1.165) is 47.8 Å². The molecular weight excluding hydrogens is 376 g/mol. The summed E-state index contributed by atoms with van der Waals surface area (Å²) in [7, 11) is 0. The zero-order valence-corrected chi connectivity index (χ0v) is 17.8. The lowest BCUT2D eigenvalue weighted by atomic mass is 9.68. The third kappa shape index (κ3) is 3.24. The lowest BCUT2D eigenvalue weighted by Gasteiger charge is -2.36. The molecule has 150 valence electrons. The predicted octanol–water partition coefficient (Wildman–Crippen LogP) is 5.19. The Labute approximate surface area is 177 Å². The molecule has 0 saturated heterocycles. The van der Waals surface area contributed by atoms with Crippen LogP contribution in [0.15, 0.2) is 34.2 Å². The molecule has 29 heavy (non-hydrogen) atoms. The minimum Gasteiger partial charge on any atom is -0.287 e. The SMILES string of the molecule is C#CCSc1nc2c(c(=O)n1CC1CCCC1)C1(CCCC1)Cc1ccccc1-2. The molecule has 2 fully saturated rings. The Morgan fingerprint density at radius 1 is 1.17 bits per heavy atom. The molecule has 3 nitrogen and oxygen atoms in total. The van der Waals surface area contributed by atoms with Crippen molar-refractivity contribution >= 4 is 11.8 Å². The molecule has 0 aliphatic heterocycles. The van der Waals surface area contributed by atoms with Crippen LogP contribution in [0.25, 0.3) is 11.3 Å². The highest BCUT2D eigenvalue weighted by Crippen LogP contribution is 2.50. The first-order valence-electron chi connectivity index (χ1n) is 11.0. The number of aromatic nitrogens is 2. The van der Waals surface area contributed by atoms with E-state index in [2.05, 4.69) is 30.2 Å². The maximum Gasteiger partial charge on any atom is 0.258 e. The Kier molecular flexibility index (Phi) is 5.04. The van der Waals surface area contributed by atoms with E-state index in [4.69, 9.17) is 11.4 Å². The van der Waals surface area contributed by atoms with Crippen LogP contribution in [0.3, 0.4) is 0 Å². The number of thioether (sulfide) groups is 1. The van der Waals surface area contributed by atoms with E-state index < -0.39 is 0 Å². The molecule has 0 bridgehead atoms. The summed E-state index contributed by atoms with van der Waals surface area (Å²) in [5.74, 6) is 3.85. The van der Waals surface area contributed by atoms with E-state index in [1.165, 1.54) is 55.9 Å². The fourth-order valence-corrected chi connectivity index (χ4v) is 6.55. The molecule has 2 saturated carbocycles. The fourth-order valence-electron chi connectivity index (χ4n) is 5.87. The van der Waals surface area contributed by atoms with Crippen LogP contribution in [-0.4, -0.2) is 15.3 Å². The first kappa shape index (κ1) is 19.0. The second-order valence-corrected chi connectivity index (χ2v) is 9.94. The van der Waals surface area contributed by atoms with Crippen molar-refractivity contribution in [2.45, 2.75) is 74.9 Å². The van der Waals surface area contributed by atoms with Crippen LogP contribution in [-0.2, 0) is 18.4 Å². The Bertz CT molecular complexity index is 1020. The highest BCUT2D eigenvalue weighted by molar-refractivity contribution is 7.99. The van der Waals surface area contributed by atoms with Gasteiger partial charge in [-0.25, -0.2) is 4.98 Å². The second-order valence-electron chi connectivity index (χ2n) is 9.00. The quantitative estimate of drug-likeness (QED) is 0.399. The highest BCUT2D eigenvalue weighted by Gasteiger charge is 2.44. The van der Waals surface area contributed by atoms with Crippen molar-refractivity contribution in [3.63, 3.8) is 0 Å². The minimum absolute atomic E-state index is 0.0273. The molecule has 1 spiro atoms. The van der Waals surface area contributed by atoms with Gasteiger partial charge in [-0.15, -0.1) is 6.42 Å². The number of terminal acetylenes is 1. The van der Waals surface area contributed by atoms with Crippen LogP contribution >= 0.6 is 11.8 Å². The lowest BCUT2D eigenvalue weighted by Crippen LogP contribution is -2.41. The Balaban J connectivity index is 1.72. The molecular formula is C25H28N2OS. The molecule has 1 heterocycles. The van der Waals surface area contributed by atoms with E-state index >= 15 is 0 Å². The normalized spacial score (nSPS) is 19.8. The van der Waals surface area contributed by atoms with E-state index in [1.807, 2.05) is 4.57 Å². The van der Waals surface area contributed by atoms with Crippen molar-refractivity contribution in [1.82, 2.24) is 9.55 Å². The minimum atomic E-state index is -0.0273. The van der Waals surface area contributed by atoms with Gasteiger partial charge in [-0.3, -0.25) is 9.36 Å². The van der Waals surface area contributed by atoms with Gasteiger partial charge in [0, 0.05) is 17.5 Å². The summed E-state index contributed by atoms with van der Waals surface area (Å²) >= 11 is 1.54. The van der Waals surface area contributed by atoms with Crippen LogP contribution in [0.4, 0.5) is 0 Å². The number of hydrogen-bond acceptors (Lipinski definition) is 3. The smallest absolute Gasteiger partial charge is 0.258 e. The van der Waals surface area contributed by atoms with Crippen LogP contribution in [0.5, 0.6) is 0 Å². The largest absolute Gasteiger partial charge is 0.287 e. The molecule has 3 aliphatic carbocycles. The third-order valence-electron chi connectivity index (χ3n) is 7.23. The van der Waals surface area contributed by atoms with Crippen LogP contribution < -0.4 is 5.56 Å². The number of benzene rings is 1. The zero-order chi connectivity index (χ0) is 19.8. The van der Waals surface area contributed by atoms with Crippen molar-refractivity contribution < 1.29 is 0 Å². The van der Waals surface area contributed by atoms with E-state index in [1.54, 1.807) is 0 Å². The first-order valence-corrected chi connectivity index (χ1v) is 12.0. The van der Waals surface area contributed by atoms with Gasteiger partial charge in [-0.2, -0.15) is 0 Å². The summed E-state index contributed by atoms with van der Waals surface area (Å²) in [5.41, 5.74) is 4.60. The van der Waals surface area contributed by atoms with Gasteiger partial charge in [0.2, 0.25) is 0 Å². The number of fused-ring (bicyclic) bond motifs is 4. The van der Waals surface area contributed by atoms with Crippen molar-refractivity contribution in [2.24, 2.45) is 5.92 Å². The summed E-state index contributed by atoms with van der Waals surface area (Å²) in [6, 6.07) is 8.54.